The lowest BCUT2D eigenvalue weighted by molar-refractivity contribution is -0.129. The molecule has 0 bridgehead atoms. The van der Waals surface area contributed by atoms with Crippen molar-refractivity contribution in [1.82, 2.24) is 5.32 Å². The summed E-state index contributed by atoms with van der Waals surface area (Å²) in [6.45, 7) is 6.88. The lowest BCUT2D eigenvalue weighted by atomic mass is 9.69. The first kappa shape index (κ1) is 11.1. The number of nitrogens with one attached hydrogen (secondary N) is 1. The highest BCUT2D eigenvalue weighted by atomic mass is 16.5. The number of ketones is 1. The standard InChI is InChI=1S/C12H21NO2/c1-12(2)4-3-11(14)9(7-12)10-8-15-6-5-13-10/h9-10,13H,3-8H2,1-2H3. The van der Waals surface area contributed by atoms with Crippen LogP contribution in [0.1, 0.15) is 33.1 Å². The van der Waals surface area contributed by atoms with E-state index in [2.05, 4.69) is 19.2 Å². The predicted molar refractivity (Wildman–Crippen MR) is 58.7 cm³/mol. The van der Waals surface area contributed by atoms with Crippen molar-refractivity contribution >= 4 is 5.78 Å². The average Bonchev–Trinajstić information content (AvgIpc) is 2.23. The first-order chi connectivity index (χ1) is 7.08. The Morgan fingerprint density at radius 1 is 1.47 bits per heavy atom. The molecule has 0 amide bonds. The molecule has 3 heteroatoms. The quantitative estimate of drug-likeness (QED) is 0.712. The maximum absolute atomic E-state index is 11.9. The normalized spacial score (nSPS) is 36.5. The molecule has 1 saturated heterocycles. The van der Waals surface area contributed by atoms with Gasteiger partial charge in [-0.1, -0.05) is 13.8 Å². The Bertz CT molecular complexity index is 244. The van der Waals surface area contributed by atoms with Crippen LogP contribution in [0, 0.1) is 11.3 Å². The van der Waals surface area contributed by atoms with Crippen molar-refractivity contribution in [3.05, 3.63) is 0 Å². The largest absolute Gasteiger partial charge is 0.378 e. The van der Waals surface area contributed by atoms with Gasteiger partial charge in [-0.3, -0.25) is 4.79 Å². The van der Waals surface area contributed by atoms with Gasteiger partial charge in [0.15, 0.2) is 0 Å². The molecule has 2 unspecified atom stereocenters. The molecule has 2 rings (SSSR count). The number of hydrogen-bond donors (Lipinski definition) is 1. The van der Waals surface area contributed by atoms with Crippen LogP contribution in [-0.4, -0.2) is 31.6 Å². The van der Waals surface area contributed by atoms with E-state index in [0.29, 0.717) is 17.8 Å². The summed E-state index contributed by atoms with van der Waals surface area (Å²) >= 11 is 0. The van der Waals surface area contributed by atoms with Crippen molar-refractivity contribution < 1.29 is 9.53 Å². The average molecular weight is 211 g/mol. The summed E-state index contributed by atoms with van der Waals surface area (Å²) in [4.78, 5) is 11.9. The van der Waals surface area contributed by atoms with E-state index in [-0.39, 0.29) is 12.0 Å². The van der Waals surface area contributed by atoms with Gasteiger partial charge in [-0.15, -0.1) is 0 Å². The third-order valence-electron chi connectivity index (χ3n) is 3.67. The number of morpholine rings is 1. The lowest BCUT2D eigenvalue weighted by Crippen LogP contribution is -2.51. The Morgan fingerprint density at radius 2 is 2.27 bits per heavy atom. The fourth-order valence-corrected chi connectivity index (χ4v) is 2.67. The maximum Gasteiger partial charge on any atom is 0.137 e. The summed E-state index contributed by atoms with van der Waals surface area (Å²) < 4.78 is 5.44. The Kier molecular flexibility index (Phi) is 3.12. The molecule has 0 aromatic carbocycles. The Balaban J connectivity index is 2.01. The van der Waals surface area contributed by atoms with E-state index in [1.165, 1.54) is 0 Å². The van der Waals surface area contributed by atoms with Gasteiger partial charge in [0.05, 0.1) is 13.2 Å². The van der Waals surface area contributed by atoms with Crippen LogP contribution in [0.25, 0.3) is 0 Å². The van der Waals surface area contributed by atoms with E-state index in [0.717, 1.165) is 32.4 Å². The molecule has 1 aliphatic carbocycles. The van der Waals surface area contributed by atoms with Gasteiger partial charge < -0.3 is 10.1 Å². The highest BCUT2D eigenvalue weighted by molar-refractivity contribution is 5.82. The zero-order valence-corrected chi connectivity index (χ0v) is 9.71. The number of ether oxygens (including phenoxy) is 1. The lowest BCUT2D eigenvalue weighted by Gasteiger charge is -2.39. The zero-order valence-electron chi connectivity index (χ0n) is 9.71. The van der Waals surface area contributed by atoms with Crippen molar-refractivity contribution in [1.29, 1.82) is 0 Å². The summed E-state index contributed by atoms with van der Waals surface area (Å²) in [5, 5.41) is 3.41. The van der Waals surface area contributed by atoms with Crippen LogP contribution in [0.3, 0.4) is 0 Å². The van der Waals surface area contributed by atoms with Gasteiger partial charge in [0.2, 0.25) is 0 Å². The van der Waals surface area contributed by atoms with E-state index in [1.807, 2.05) is 0 Å². The number of Topliss-reactive ketones (excluding diaryl/α,β-unsaturated/α-hetero) is 1. The molecule has 0 spiro atoms. The first-order valence-electron chi connectivity index (χ1n) is 5.92. The second-order valence-electron chi connectivity index (χ2n) is 5.58. The highest BCUT2D eigenvalue weighted by Gasteiger charge is 2.38. The second-order valence-corrected chi connectivity index (χ2v) is 5.58. The smallest absolute Gasteiger partial charge is 0.137 e. The molecule has 2 fully saturated rings. The van der Waals surface area contributed by atoms with Gasteiger partial charge in [0.25, 0.3) is 0 Å². The molecule has 0 aromatic rings. The monoisotopic (exact) mass is 211 g/mol. The zero-order chi connectivity index (χ0) is 10.9. The molecule has 2 aliphatic rings. The molecular weight excluding hydrogens is 190 g/mol. The minimum absolute atomic E-state index is 0.175. The molecule has 2 atom stereocenters. The summed E-state index contributed by atoms with van der Waals surface area (Å²) in [6, 6.07) is 0.255. The third-order valence-corrected chi connectivity index (χ3v) is 3.67. The summed E-state index contributed by atoms with van der Waals surface area (Å²) in [5.41, 5.74) is 0.317. The van der Waals surface area contributed by atoms with Crippen molar-refractivity contribution in [2.24, 2.45) is 11.3 Å². The molecule has 1 heterocycles. The molecule has 0 aromatic heterocycles. The van der Waals surface area contributed by atoms with E-state index in [4.69, 9.17) is 4.74 Å². The van der Waals surface area contributed by atoms with Gasteiger partial charge in [-0.2, -0.15) is 0 Å². The van der Waals surface area contributed by atoms with Gasteiger partial charge in [0, 0.05) is 24.9 Å². The van der Waals surface area contributed by atoms with E-state index < -0.39 is 0 Å². The SMILES string of the molecule is CC1(C)CCC(=O)C(C2COCCN2)C1. The van der Waals surface area contributed by atoms with Gasteiger partial charge >= 0.3 is 0 Å². The fourth-order valence-electron chi connectivity index (χ4n) is 2.67. The van der Waals surface area contributed by atoms with Crippen LogP contribution in [-0.2, 0) is 9.53 Å². The highest BCUT2D eigenvalue weighted by Crippen LogP contribution is 2.38. The number of hydrogen-bond acceptors (Lipinski definition) is 3. The minimum Gasteiger partial charge on any atom is -0.378 e. The van der Waals surface area contributed by atoms with Gasteiger partial charge in [-0.05, 0) is 18.3 Å². The van der Waals surface area contributed by atoms with E-state index >= 15 is 0 Å². The second kappa shape index (κ2) is 4.22. The summed E-state index contributed by atoms with van der Waals surface area (Å²) in [6.07, 6.45) is 2.79. The Labute approximate surface area is 91.6 Å². The third kappa shape index (κ3) is 2.58. The topological polar surface area (TPSA) is 38.3 Å². The van der Waals surface area contributed by atoms with Crippen molar-refractivity contribution in [2.75, 3.05) is 19.8 Å². The van der Waals surface area contributed by atoms with Crippen LogP contribution >= 0.6 is 0 Å². The van der Waals surface area contributed by atoms with Crippen LogP contribution in [0.5, 0.6) is 0 Å². The van der Waals surface area contributed by atoms with E-state index in [9.17, 15) is 4.79 Å². The molecule has 3 nitrogen and oxygen atoms in total. The fraction of sp³-hybridized carbons (Fsp3) is 0.917. The summed E-state index contributed by atoms with van der Waals surface area (Å²) in [7, 11) is 0. The Hall–Kier alpha value is -0.410. The molecule has 1 aliphatic heterocycles. The van der Waals surface area contributed by atoms with E-state index in [1.54, 1.807) is 0 Å². The molecule has 86 valence electrons. The minimum atomic E-state index is 0.175. The maximum atomic E-state index is 11.9. The van der Waals surface area contributed by atoms with Crippen molar-refractivity contribution in [3.63, 3.8) is 0 Å². The predicted octanol–water partition coefficient (Wildman–Crippen LogP) is 1.37. The first-order valence-corrected chi connectivity index (χ1v) is 5.92. The number of carbonyl (C=O) groups is 1. The Morgan fingerprint density at radius 3 is 2.93 bits per heavy atom. The molecule has 1 N–H and O–H groups in total. The van der Waals surface area contributed by atoms with Crippen LogP contribution in [0.4, 0.5) is 0 Å². The van der Waals surface area contributed by atoms with Crippen LogP contribution < -0.4 is 5.32 Å². The van der Waals surface area contributed by atoms with Gasteiger partial charge in [0.1, 0.15) is 5.78 Å². The molecule has 0 radical (unpaired) electrons. The molecule has 1 saturated carbocycles. The summed E-state index contributed by atoms with van der Waals surface area (Å²) in [5.74, 6) is 0.603. The number of rotatable bonds is 1. The molecular formula is C12H21NO2. The van der Waals surface area contributed by atoms with Gasteiger partial charge in [-0.25, -0.2) is 0 Å². The van der Waals surface area contributed by atoms with Crippen molar-refractivity contribution in [3.8, 4) is 0 Å². The molecule has 15 heavy (non-hydrogen) atoms. The van der Waals surface area contributed by atoms with Crippen LogP contribution in [0.2, 0.25) is 0 Å². The van der Waals surface area contributed by atoms with Crippen molar-refractivity contribution in [2.45, 2.75) is 39.2 Å². The van der Waals surface area contributed by atoms with Crippen LogP contribution in [0.15, 0.2) is 0 Å². The number of carbonyl (C=O) groups excluding carboxylic acids is 1.